The molecule has 2 N–H and O–H groups in total. The Morgan fingerprint density at radius 2 is 2.18 bits per heavy atom. The molecule has 1 aliphatic heterocycles. The van der Waals surface area contributed by atoms with E-state index in [1.807, 2.05) is 0 Å². The number of hydrogen-bond acceptors (Lipinski definition) is 3. The molecule has 0 unspecified atom stereocenters. The Hall–Kier alpha value is -0.820. The van der Waals surface area contributed by atoms with Crippen molar-refractivity contribution < 1.29 is 22.7 Å². The van der Waals surface area contributed by atoms with Crippen LogP contribution in [-0.4, -0.2) is 48.3 Å². The van der Waals surface area contributed by atoms with Gasteiger partial charge in [-0.25, -0.2) is 0 Å². The molecule has 0 saturated carbocycles. The smallest absolute Gasteiger partial charge is 0.364 e. The first-order valence-electron chi connectivity index (χ1n) is 5.48. The largest absolute Gasteiger partial charge is 0.419 e. The van der Waals surface area contributed by atoms with Gasteiger partial charge in [-0.3, -0.25) is 4.79 Å². The summed E-state index contributed by atoms with van der Waals surface area (Å²) in [5, 5.41) is 0. The summed E-state index contributed by atoms with van der Waals surface area (Å²) in [6.45, 7) is 2.48. The molecule has 7 heteroatoms. The molecule has 4 nitrogen and oxygen atoms in total. The van der Waals surface area contributed by atoms with Gasteiger partial charge < -0.3 is 15.4 Å². The van der Waals surface area contributed by atoms with Crippen LogP contribution in [-0.2, 0) is 9.53 Å². The molecule has 2 atom stereocenters. The van der Waals surface area contributed by atoms with E-state index in [1.165, 1.54) is 13.8 Å². The Morgan fingerprint density at radius 1 is 1.59 bits per heavy atom. The summed E-state index contributed by atoms with van der Waals surface area (Å²) in [6, 6.07) is -0.791. The fraction of sp³-hybridized carbons (Fsp3) is 0.900. The van der Waals surface area contributed by atoms with Crippen LogP contribution in [0.25, 0.3) is 0 Å². The SMILES string of the molecule is CCO[C@]1(C(F)(F)F)CCN(C(=O)[C@@H](C)N)C1. The summed E-state index contributed by atoms with van der Waals surface area (Å²) in [5.41, 5.74) is 3.14. The zero-order valence-electron chi connectivity index (χ0n) is 9.88. The molecule has 1 aliphatic rings. The molecule has 1 amide bonds. The number of alkyl halides is 3. The number of carbonyl (C=O) groups excluding carboxylic acids is 1. The molecular weight excluding hydrogens is 237 g/mol. The van der Waals surface area contributed by atoms with Gasteiger partial charge in [0, 0.05) is 19.6 Å². The molecule has 0 aromatic heterocycles. The number of nitrogens with zero attached hydrogens (tertiary/aromatic N) is 1. The minimum absolute atomic E-state index is 0.0277. The van der Waals surface area contributed by atoms with Gasteiger partial charge in [0.05, 0.1) is 12.6 Å². The Bertz CT molecular complexity index is 294. The van der Waals surface area contributed by atoms with Crippen LogP contribution < -0.4 is 5.73 Å². The monoisotopic (exact) mass is 254 g/mol. The fourth-order valence-electron chi connectivity index (χ4n) is 1.97. The van der Waals surface area contributed by atoms with Crippen molar-refractivity contribution in [3.8, 4) is 0 Å². The highest BCUT2D eigenvalue weighted by atomic mass is 19.4. The average Bonchev–Trinajstić information content (AvgIpc) is 2.62. The first-order valence-corrected chi connectivity index (χ1v) is 5.48. The lowest BCUT2D eigenvalue weighted by Gasteiger charge is -2.31. The van der Waals surface area contributed by atoms with Crippen LogP contribution in [0.3, 0.4) is 0 Å². The Labute approximate surface area is 97.9 Å². The van der Waals surface area contributed by atoms with E-state index in [0.29, 0.717) is 0 Å². The lowest BCUT2D eigenvalue weighted by molar-refractivity contribution is -0.270. The highest BCUT2D eigenvalue weighted by Gasteiger charge is 2.59. The summed E-state index contributed by atoms with van der Waals surface area (Å²) >= 11 is 0. The van der Waals surface area contributed by atoms with Crippen LogP contribution in [0.1, 0.15) is 20.3 Å². The molecule has 0 bridgehead atoms. The maximum absolute atomic E-state index is 12.9. The molecule has 0 radical (unpaired) electrons. The van der Waals surface area contributed by atoms with Crippen LogP contribution in [0.2, 0.25) is 0 Å². The van der Waals surface area contributed by atoms with E-state index in [0.717, 1.165) is 4.90 Å². The quantitative estimate of drug-likeness (QED) is 0.814. The van der Waals surface area contributed by atoms with Crippen molar-refractivity contribution >= 4 is 5.91 Å². The zero-order valence-corrected chi connectivity index (χ0v) is 9.88. The Morgan fingerprint density at radius 3 is 2.59 bits per heavy atom. The fourth-order valence-corrected chi connectivity index (χ4v) is 1.97. The second-order valence-corrected chi connectivity index (χ2v) is 4.22. The number of nitrogens with two attached hydrogens (primary N) is 1. The minimum Gasteiger partial charge on any atom is -0.364 e. The van der Waals surface area contributed by atoms with Gasteiger partial charge in [-0.15, -0.1) is 0 Å². The van der Waals surface area contributed by atoms with Crippen LogP contribution >= 0.6 is 0 Å². The number of carbonyl (C=O) groups is 1. The van der Waals surface area contributed by atoms with Crippen LogP contribution in [0.15, 0.2) is 0 Å². The van der Waals surface area contributed by atoms with Crippen molar-refractivity contribution in [2.24, 2.45) is 5.73 Å². The molecule has 0 aliphatic carbocycles. The third kappa shape index (κ3) is 2.71. The molecule has 1 fully saturated rings. The van der Waals surface area contributed by atoms with Gasteiger partial charge in [-0.05, 0) is 13.8 Å². The number of amides is 1. The van der Waals surface area contributed by atoms with Crippen molar-refractivity contribution in [2.75, 3.05) is 19.7 Å². The number of hydrogen-bond donors (Lipinski definition) is 1. The van der Waals surface area contributed by atoms with Crippen LogP contribution in [0.5, 0.6) is 0 Å². The minimum atomic E-state index is -4.48. The van der Waals surface area contributed by atoms with Crippen LogP contribution in [0, 0.1) is 0 Å². The van der Waals surface area contributed by atoms with E-state index in [1.54, 1.807) is 0 Å². The van der Waals surface area contributed by atoms with Gasteiger partial charge in [0.25, 0.3) is 0 Å². The van der Waals surface area contributed by atoms with E-state index < -0.39 is 30.3 Å². The van der Waals surface area contributed by atoms with Gasteiger partial charge in [-0.1, -0.05) is 0 Å². The van der Waals surface area contributed by atoms with Gasteiger partial charge in [0.15, 0.2) is 5.60 Å². The number of rotatable bonds is 3. The highest BCUT2D eigenvalue weighted by Crippen LogP contribution is 2.40. The third-order valence-electron chi connectivity index (χ3n) is 2.87. The molecule has 17 heavy (non-hydrogen) atoms. The summed E-state index contributed by atoms with van der Waals surface area (Å²) in [6.07, 6.45) is -4.71. The van der Waals surface area contributed by atoms with Gasteiger partial charge >= 0.3 is 6.18 Å². The first-order chi connectivity index (χ1) is 7.73. The van der Waals surface area contributed by atoms with Crippen molar-refractivity contribution in [1.29, 1.82) is 0 Å². The topological polar surface area (TPSA) is 55.6 Å². The lowest BCUT2D eigenvalue weighted by atomic mass is 10.0. The van der Waals surface area contributed by atoms with Gasteiger partial charge in [0.1, 0.15) is 0 Å². The summed E-state index contributed by atoms with van der Waals surface area (Å²) in [5.74, 6) is -0.476. The molecule has 1 heterocycles. The predicted octanol–water partition coefficient (Wildman–Crippen LogP) is 0.904. The molecule has 0 aromatic rings. The predicted molar refractivity (Wildman–Crippen MR) is 55.3 cm³/mol. The molecule has 1 saturated heterocycles. The number of ether oxygens (including phenoxy) is 1. The molecule has 100 valence electrons. The summed E-state index contributed by atoms with van der Waals surface area (Å²) in [7, 11) is 0. The Balaban J connectivity index is 2.83. The maximum Gasteiger partial charge on any atom is 0.419 e. The summed E-state index contributed by atoms with van der Waals surface area (Å²) in [4.78, 5) is 12.7. The molecule has 0 aromatic carbocycles. The van der Waals surface area contributed by atoms with E-state index in [-0.39, 0.29) is 19.6 Å². The number of halogens is 3. The molecule has 0 spiro atoms. The van der Waals surface area contributed by atoms with Gasteiger partial charge in [0.2, 0.25) is 5.91 Å². The average molecular weight is 254 g/mol. The normalized spacial score (nSPS) is 27.3. The van der Waals surface area contributed by atoms with E-state index in [4.69, 9.17) is 10.5 Å². The molecular formula is C10H17F3N2O2. The van der Waals surface area contributed by atoms with Gasteiger partial charge in [-0.2, -0.15) is 13.2 Å². The van der Waals surface area contributed by atoms with Crippen molar-refractivity contribution in [2.45, 2.75) is 38.1 Å². The summed E-state index contributed by atoms with van der Waals surface area (Å²) < 4.78 is 43.7. The third-order valence-corrected chi connectivity index (χ3v) is 2.87. The van der Waals surface area contributed by atoms with E-state index in [2.05, 4.69) is 0 Å². The first kappa shape index (κ1) is 14.2. The van der Waals surface area contributed by atoms with E-state index >= 15 is 0 Å². The zero-order chi connectivity index (χ0) is 13.3. The lowest BCUT2D eigenvalue weighted by Crippen LogP contribution is -2.51. The van der Waals surface area contributed by atoms with Crippen molar-refractivity contribution in [3.05, 3.63) is 0 Å². The van der Waals surface area contributed by atoms with E-state index in [9.17, 15) is 18.0 Å². The second kappa shape index (κ2) is 4.81. The standard InChI is InChI=1S/C10H17F3N2O2/c1-3-17-9(10(11,12)13)4-5-15(6-9)8(16)7(2)14/h7H,3-6,14H2,1-2H3/t7-,9-/m1/s1. The highest BCUT2D eigenvalue weighted by molar-refractivity contribution is 5.81. The van der Waals surface area contributed by atoms with Crippen LogP contribution in [0.4, 0.5) is 13.2 Å². The second-order valence-electron chi connectivity index (χ2n) is 4.22. The van der Waals surface area contributed by atoms with Crippen molar-refractivity contribution in [1.82, 2.24) is 4.90 Å². The Kier molecular flexibility index (Phi) is 4.03. The maximum atomic E-state index is 12.9. The van der Waals surface area contributed by atoms with Crippen molar-refractivity contribution in [3.63, 3.8) is 0 Å². The molecule has 1 rings (SSSR count). The number of likely N-dealkylation sites (tertiary alicyclic amines) is 1.